The van der Waals surface area contributed by atoms with Crippen molar-refractivity contribution in [1.82, 2.24) is 4.90 Å². The third-order valence-electron chi connectivity index (χ3n) is 3.32. The summed E-state index contributed by atoms with van der Waals surface area (Å²) in [6.45, 7) is 6.75. The molecule has 8 heteroatoms. The number of carbonyl (C=O) groups is 1. The molecule has 22 heavy (non-hydrogen) atoms. The van der Waals surface area contributed by atoms with E-state index in [0.29, 0.717) is 19.4 Å². The maximum absolute atomic E-state index is 12.7. The molecule has 4 nitrogen and oxygen atoms in total. The van der Waals surface area contributed by atoms with Crippen molar-refractivity contribution >= 4 is 22.0 Å². The van der Waals surface area contributed by atoms with Crippen molar-refractivity contribution in [1.29, 1.82) is 0 Å². The summed E-state index contributed by atoms with van der Waals surface area (Å²) >= 11 is 3.23. The number of hydrogen-bond donors (Lipinski definition) is 0. The van der Waals surface area contributed by atoms with Crippen LogP contribution in [0.15, 0.2) is 0 Å². The lowest BCUT2D eigenvalue weighted by Crippen LogP contribution is -2.56. The minimum Gasteiger partial charge on any atom is -0.444 e. The van der Waals surface area contributed by atoms with Crippen molar-refractivity contribution in [3.05, 3.63) is 0 Å². The van der Waals surface area contributed by atoms with Crippen LogP contribution in [0.3, 0.4) is 0 Å². The molecule has 0 aromatic carbocycles. The van der Waals surface area contributed by atoms with Gasteiger partial charge >= 0.3 is 12.3 Å². The van der Waals surface area contributed by atoms with Crippen molar-refractivity contribution in [2.75, 3.05) is 18.4 Å². The van der Waals surface area contributed by atoms with Crippen LogP contribution in [0.2, 0.25) is 0 Å². The average molecular weight is 390 g/mol. The van der Waals surface area contributed by atoms with E-state index in [1.807, 2.05) is 0 Å². The zero-order chi connectivity index (χ0) is 17.2. The predicted octanol–water partition coefficient (Wildman–Crippen LogP) is 4.12. The second kappa shape index (κ2) is 6.95. The first-order chi connectivity index (χ1) is 9.88. The third kappa shape index (κ3) is 5.61. The lowest BCUT2D eigenvalue weighted by Gasteiger charge is -2.43. The summed E-state index contributed by atoms with van der Waals surface area (Å²) in [7, 11) is 0. The monoisotopic (exact) mass is 389 g/mol. The van der Waals surface area contributed by atoms with Crippen molar-refractivity contribution in [2.45, 2.75) is 64.0 Å². The minimum atomic E-state index is -4.43. The van der Waals surface area contributed by atoms with Crippen molar-refractivity contribution in [3.63, 3.8) is 0 Å². The van der Waals surface area contributed by atoms with Gasteiger partial charge in [0.25, 0.3) is 0 Å². The Labute approximate surface area is 137 Å². The number of ether oxygens (including phenoxy) is 2. The average Bonchev–Trinajstić information content (AvgIpc) is 2.36. The van der Waals surface area contributed by atoms with Crippen LogP contribution in [0.5, 0.6) is 0 Å². The molecule has 1 fully saturated rings. The Balaban J connectivity index is 2.79. The fourth-order valence-corrected chi connectivity index (χ4v) is 2.85. The number of halogens is 4. The molecule has 1 aliphatic heterocycles. The summed E-state index contributed by atoms with van der Waals surface area (Å²) in [5, 5.41) is 0.222. The maximum atomic E-state index is 12.7. The fraction of sp³-hybridized carbons (Fsp3) is 0.929. The molecule has 0 aliphatic carbocycles. The molecule has 130 valence electrons. The summed E-state index contributed by atoms with van der Waals surface area (Å²) in [4.78, 5) is 13.5. The topological polar surface area (TPSA) is 38.8 Å². The number of rotatable bonds is 3. The Hall–Kier alpha value is -0.500. The molecule has 0 N–H and O–H groups in total. The Kier molecular flexibility index (Phi) is 6.17. The van der Waals surface area contributed by atoms with E-state index in [0.717, 1.165) is 6.92 Å². The van der Waals surface area contributed by atoms with Gasteiger partial charge in [-0.15, -0.1) is 0 Å². The van der Waals surface area contributed by atoms with Crippen LogP contribution >= 0.6 is 15.9 Å². The highest BCUT2D eigenvalue weighted by molar-refractivity contribution is 9.09. The Bertz CT molecular complexity index is 398. The Morgan fingerprint density at radius 2 is 1.95 bits per heavy atom. The Morgan fingerprint density at radius 3 is 2.41 bits per heavy atom. The normalized spacial score (nSPS) is 25.0. The molecule has 1 saturated heterocycles. The highest BCUT2D eigenvalue weighted by Crippen LogP contribution is 2.33. The molecule has 0 saturated carbocycles. The second-order valence-electron chi connectivity index (χ2n) is 6.62. The first-order valence-corrected chi connectivity index (χ1v) is 8.29. The molecule has 0 spiro atoms. The van der Waals surface area contributed by atoms with E-state index in [9.17, 15) is 18.0 Å². The molecule has 1 amide bonds. The van der Waals surface area contributed by atoms with Gasteiger partial charge in [0.05, 0.1) is 12.1 Å². The van der Waals surface area contributed by atoms with Crippen LogP contribution in [0.4, 0.5) is 18.0 Å². The molecular weight excluding hydrogens is 367 g/mol. The SMILES string of the molecule is CC(OC1(CBr)CCCN(C(=O)OC(C)(C)C)C1)C(F)(F)F. The molecule has 0 radical (unpaired) electrons. The Morgan fingerprint density at radius 1 is 1.36 bits per heavy atom. The van der Waals surface area contributed by atoms with Crippen LogP contribution in [0.1, 0.15) is 40.5 Å². The van der Waals surface area contributed by atoms with Gasteiger partial charge in [0.15, 0.2) is 6.10 Å². The smallest absolute Gasteiger partial charge is 0.414 e. The third-order valence-corrected chi connectivity index (χ3v) is 4.34. The first kappa shape index (κ1) is 19.5. The van der Waals surface area contributed by atoms with Gasteiger partial charge in [0, 0.05) is 11.9 Å². The van der Waals surface area contributed by atoms with E-state index in [1.165, 1.54) is 4.90 Å². The number of carbonyl (C=O) groups excluding carboxylic acids is 1. The molecular formula is C14H23BrF3NO3. The van der Waals surface area contributed by atoms with Gasteiger partial charge in [-0.3, -0.25) is 0 Å². The summed E-state index contributed by atoms with van der Waals surface area (Å²) in [6, 6.07) is 0. The second-order valence-corrected chi connectivity index (χ2v) is 7.18. The molecule has 0 aromatic rings. The van der Waals surface area contributed by atoms with Gasteiger partial charge in [0.1, 0.15) is 5.60 Å². The fourth-order valence-electron chi connectivity index (χ4n) is 2.26. The van der Waals surface area contributed by atoms with Crippen molar-refractivity contribution < 1.29 is 27.4 Å². The van der Waals surface area contributed by atoms with Crippen LogP contribution in [0, 0.1) is 0 Å². The van der Waals surface area contributed by atoms with Gasteiger partial charge in [-0.25, -0.2) is 4.79 Å². The van der Waals surface area contributed by atoms with Gasteiger partial charge in [-0.05, 0) is 40.5 Å². The van der Waals surface area contributed by atoms with E-state index in [2.05, 4.69) is 15.9 Å². The molecule has 1 rings (SSSR count). The van der Waals surface area contributed by atoms with E-state index >= 15 is 0 Å². The van der Waals surface area contributed by atoms with Gasteiger partial charge < -0.3 is 14.4 Å². The standard InChI is InChI=1S/C14H23BrF3NO3/c1-10(14(16,17)18)21-13(8-15)6-5-7-19(9-13)11(20)22-12(2,3)4/h10H,5-9H2,1-4H3. The van der Waals surface area contributed by atoms with E-state index in [-0.39, 0.29) is 11.9 Å². The minimum absolute atomic E-state index is 0.0770. The van der Waals surface area contributed by atoms with Crippen molar-refractivity contribution in [3.8, 4) is 0 Å². The molecule has 0 aromatic heterocycles. The summed E-state index contributed by atoms with van der Waals surface area (Å²) in [5.74, 6) is 0. The zero-order valence-electron chi connectivity index (χ0n) is 13.3. The maximum Gasteiger partial charge on any atom is 0.414 e. The van der Waals surface area contributed by atoms with Crippen LogP contribution in [0.25, 0.3) is 0 Å². The first-order valence-electron chi connectivity index (χ1n) is 7.17. The molecule has 2 atom stereocenters. The largest absolute Gasteiger partial charge is 0.444 e. The quantitative estimate of drug-likeness (QED) is 0.681. The molecule has 1 heterocycles. The van der Waals surface area contributed by atoms with Crippen LogP contribution in [-0.4, -0.2) is 52.9 Å². The number of nitrogens with zero attached hydrogens (tertiary/aromatic N) is 1. The predicted molar refractivity (Wildman–Crippen MR) is 80.2 cm³/mol. The highest BCUT2D eigenvalue weighted by Gasteiger charge is 2.46. The van der Waals surface area contributed by atoms with Gasteiger partial charge in [-0.2, -0.15) is 13.2 Å². The van der Waals surface area contributed by atoms with Gasteiger partial charge in [-0.1, -0.05) is 15.9 Å². The summed E-state index contributed by atoms with van der Waals surface area (Å²) in [5.41, 5.74) is -1.70. The number of amides is 1. The van der Waals surface area contributed by atoms with Crippen molar-refractivity contribution in [2.24, 2.45) is 0 Å². The van der Waals surface area contributed by atoms with E-state index in [1.54, 1.807) is 20.8 Å². The van der Waals surface area contributed by atoms with Crippen LogP contribution < -0.4 is 0 Å². The number of hydrogen-bond acceptors (Lipinski definition) is 3. The zero-order valence-corrected chi connectivity index (χ0v) is 14.9. The molecule has 1 aliphatic rings. The molecule has 2 unspecified atom stereocenters. The number of alkyl halides is 4. The lowest BCUT2D eigenvalue weighted by atomic mass is 9.94. The molecule has 0 bridgehead atoms. The highest BCUT2D eigenvalue weighted by atomic mass is 79.9. The van der Waals surface area contributed by atoms with E-state index < -0.39 is 29.6 Å². The lowest BCUT2D eigenvalue weighted by molar-refractivity contribution is -0.249. The van der Waals surface area contributed by atoms with Gasteiger partial charge in [0.2, 0.25) is 0 Å². The van der Waals surface area contributed by atoms with Crippen LogP contribution in [-0.2, 0) is 9.47 Å². The summed E-state index contributed by atoms with van der Waals surface area (Å²) in [6.07, 6.45) is -5.82. The van der Waals surface area contributed by atoms with E-state index in [4.69, 9.17) is 9.47 Å². The summed E-state index contributed by atoms with van der Waals surface area (Å²) < 4.78 is 48.8. The number of likely N-dealkylation sites (tertiary alicyclic amines) is 1. The number of piperidine rings is 1.